The highest BCUT2D eigenvalue weighted by Crippen LogP contribution is 2.32. The lowest BCUT2D eigenvalue weighted by Crippen LogP contribution is -2.48. The average molecular weight is 243 g/mol. The number of hydrogen-bond acceptors (Lipinski definition) is 3. The summed E-state index contributed by atoms with van der Waals surface area (Å²) in [6, 6.07) is 0.401. The van der Waals surface area contributed by atoms with Crippen LogP contribution in [-0.4, -0.2) is 40.7 Å². The van der Waals surface area contributed by atoms with Crippen molar-refractivity contribution in [3.8, 4) is 0 Å². The monoisotopic (exact) mass is 243 g/mol. The van der Waals surface area contributed by atoms with Crippen LogP contribution in [0.4, 0.5) is 4.79 Å². The molecule has 3 rings (SSSR count). The number of nitrogens with zero attached hydrogens (tertiary/aromatic N) is 1. The Balaban J connectivity index is 2.01. The first kappa shape index (κ1) is 12.1. The van der Waals surface area contributed by atoms with Crippen molar-refractivity contribution in [2.75, 3.05) is 18.1 Å². The minimum absolute atomic E-state index is 0.121. The van der Waals surface area contributed by atoms with Crippen molar-refractivity contribution < 1.29 is 9.53 Å². The summed E-state index contributed by atoms with van der Waals surface area (Å²) in [5.41, 5.74) is -0.379. The van der Waals surface area contributed by atoms with E-state index in [1.54, 1.807) is 0 Å². The summed E-state index contributed by atoms with van der Waals surface area (Å²) in [6.45, 7) is 6.67. The van der Waals surface area contributed by atoms with Crippen LogP contribution in [0.3, 0.4) is 0 Å². The van der Waals surface area contributed by atoms with Gasteiger partial charge in [0, 0.05) is 18.3 Å². The summed E-state index contributed by atoms with van der Waals surface area (Å²) < 4.78 is 5.46. The van der Waals surface area contributed by atoms with Gasteiger partial charge < -0.3 is 9.64 Å². The number of ether oxygens (including phenoxy) is 1. The molecule has 3 aliphatic heterocycles. The van der Waals surface area contributed by atoms with E-state index < -0.39 is 0 Å². The van der Waals surface area contributed by atoms with Crippen molar-refractivity contribution >= 4 is 17.9 Å². The number of hydrogen-bond donors (Lipinski definition) is 0. The largest absolute Gasteiger partial charge is 0.444 e. The molecule has 0 spiro atoms. The Kier molecular flexibility index (Phi) is 3.38. The van der Waals surface area contributed by atoms with Gasteiger partial charge in [-0.3, -0.25) is 0 Å². The quantitative estimate of drug-likeness (QED) is 0.655. The van der Waals surface area contributed by atoms with Crippen molar-refractivity contribution in [1.29, 1.82) is 0 Å². The Morgan fingerprint density at radius 3 is 2.75 bits per heavy atom. The molecule has 4 heteroatoms. The molecule has 16 heavy (non-hydrogen) atoms. The molecule has 0 aromatic rings. The van der Waals surface area contributed by atoms with E-state index in [4.69, 9.17) is 4.74 Å². The number of fused-ring (bicyclic) bond motifs is 4. The molecule has 0 aromatic heterocycles. The normalized spacial score (nSPS) is 30.1. The minimum Gasteiger partial charge on any atom is -0.444 e. The van der Waals surface area contributed by atoms with Crippen molar-refractivity contribution in [3.63, 3.8) is 0 Å². The van der Waals surface area contributed by atoms with E-state index in [1.807, 2.05) is 37.4 Å². The second kappa shape index (κ2) is 4.47. The molecule has 3 nitrogen and oxygen atoms in total. The van der Waals surface area contributed by atoms with Gasteiger partial charge in [-0.05, 0) is 45.3 Å². The molecule has 0 aromatic carbocycles. The fourth-order valence-electron chi connectivity index (χ4n) is 2.33. The van der Waals surface area contributed by atoms with Crippen LogP contribution in [0.25, 0.3) is 0 Å². The third-order valence-corrected chi connectivity index (χ3v) is 4.42. The van der Waals surface area contributed by atoms with Gasteiger partial charge in [-0.1, -0.05) is 0 Å². The molecule has 3 fully saturated rings. The van der Waals surface area contributed by atoms with Gasteiger partial charge >= 0.3 is 6.09 Å². The van der Waals surface area contributed by atoms with Crippen LogP contribution in [0.5, 0.6) is 0 Å². The predicted octanol–water partition coefficient (Wildman–Crippen LogP) is 2.75. The van der Waals surface area contributed by atoms with Crippen molar-refractivity contribution in [2.24, 2.45) is 5.92 Å². The highest BCUT2D eigenvalue weighted by molar-refractivity contribution is 7.99. The third kappa shape index (κ3) is 2.84. The molecule has 1 amide bonds. The molecular formula is C12H21NO2S. The molecule has 3 aliphatic rings. The number of rotatable bonds is 0. The first-order valence-corrected chi connectivity index (χ1v) is 7.18. The first-order valence-electron chi connectivity index (χ1n) is 6.03. The highest BCUT2D eigenvalue weighted by Gasteiger charge is 2.36. The van der Waals surface area contributed by atoms with Gasteiger partial charge in [0.1, 0.15) is 5.60 Å². The Morgan fingerprint density at radius 2 is 2.06 bits per heavy atom. The van der Waals surface area contributed by atoms with E-state index in [1.165, 1.54) is 12.2 Å². The van der Waals surface area contributed by atoms with Gasteiger partial charge in [-0.25, -0.2) is 4.79 Å². The standard InChI is InChI=1S/C12H21NO2S/c1-12(2,3)15-11(14)13-6-9-4-5-10(13)8-16-7-9/h9-10H,4-8H2,1-3H3. The zero-order valence-corrected chi connectivity index (χ0v) is 11.2. The maximum absolute atomic E-state index is 12.1. The SMILES string of the molecule is CC(C)(C)OC(=O)N1CC2CCC1CSC2. The number of carbonyl (C=O) groups excluding carboxylic acids is 1. The molecule has 2 bridgehead atoms. The smallest absolute Gasteiger partial charge is 0.410 e. The summed E-state index contributed by atoms with van der Waals surface area (Å²) in [5.74, 6) is 2.96. The molecule has 0 aliphatic carbocycles. The molecule has 2 unspecified atom stereocenters. The topological polar surface area (TPSA) is 29.5 Å². The number of thioether (sulfide) groups is 1. The Morgan fingerprint density at radius 1 is 1.31 bits per heavy atom. The lowest BCUT2D eigenvalue weighted by Gasteiger charge is -2.37. The fourth-order valence-corrected chi connectivity index (χ4v) is 3.69. The Labute approximate surface area is 102 Å². The maximum atomic E-state index is 12.1. The van der Waals surface area contributed by atoms with Crippen LogP contribution in [0.1, 0.15) is 33.6 Å². The van der Waals surface area contributed by atoms with Crippen LogP contribution < -0.4 is 0 Å². The van der Waals surface area contributed by atoms with Crippen molar-refractivity contribution in [3.05, 3.63) is 0 Å². The van der Waals surface area contributed by atoms with Crippen molar-refractivity contribution in [1.82, 2.24) is 4.90 Å². The van der Waals surface area contributed by atoms with E-state index in [2.05, 4.69) is 0 Å². The van der Waals surface area contributed by atoms with Gasteiger partial charge in [0.25, 0.3) is 0 Å². The number of amides is 1. The predicted molar refractivity (Wildman–Crippen MR) is 66.8 cm³/mol. The van der Waals surface area contributed by atoms with Crippen LogP contribution in [-0.2, 0) is 4.74 Å². The average Bonchev–Trinajstić information content (AvgIpc) is 2.48. The van der Waals surface area contributed by atoms with Crippen LogP contribution in [0.2, 0.25) is 0 Å². The van der Waals surface area contributed by atoms with Gasteiger partial charge in [0.05, 0.1) is 0 Å². The van der Waals surface area contributed by atoms with Gasteiger partial charge in [0.15, 0.2) is 0 Å². The van der Waals surface area contributed by atoms with Crippen LogP contribution in [0.15, 0.2) is 0 Å². The molecule has 2 atom stereocenters. The molecule has 3 heterocycles. The van der Waals surface area contributed by atoms with E-state index in [9.17, 15) is 4.79 Å². The molecule has 0 N–H and O–H groups in total. The van der Waals surface area contributed by atoms with Crippen LogP contribution in [0, 0.1) is 5.92 Å². The van der Waals surface area contributed by atoms with E-state index in [0.29, 0.717) is 12.0 Å². The third-order valence-electron chi connectivity index (χ3n) is 3.10. The molecular weight excluding hydrogens is 222 g/mol. The van der Waals surface area contributed by atoms with Gasteiger partial charge in [0.2, 0.25) is 0 Å². The second-order valence-corrected chi connectivity index (χ2v) is 6.84. The van der Waals surface area contributed by atoms with Crippen molar-refractivity contribution in [2.45, 2.75) is 45.3 Å². The summed E-state index contributed by atoms with van der Waals surface area (Å²) in [7, 11) is 0. The maximum Gasteiger partial charge on any atom is 0.410 e. The van der Waals surface area contributed by atoms with E-state index >= 15 is 0 Å². The molecule has 0 saturated carbocycles. The molecule has 92 valence electrons. The highest BCUT2D eigenvalue weighted by atomic mass is 32.2. The second-order valence-electron chi connectivity index (χ2n) is 5.77. The summed E-state index contributed by atoms with van der Waals surface area (Å²) in [6.07, 6.45) is 2.30. The summed E-state index contributed by atoms with van der Waals surface area (Å²) >= 11 is 1.98. The van der Waals surface area contributed by atoms with Crippen LogP contribution >= 0.6 is 11.8 Å². The number of carbonyl (C=O) groups is 1. The van der Waals surface area contributed by atoms with Gasteiger partial charge in [-0.15, -0.1) is 0 Å². The van der Waals surface area contributed by atoms with E-state index in [-0.39, 0.29) is 11.7 Å². The lowest BCUT2D eigenvalue weighted by atomic mass is 9.95. The number of piperidine rings is 1. The molecule has 0 radical (unpaired) electrons. The van der Waals surface area contributed by atoms with E-state index in [0.717, 1.165) is 18.7 Å². The first-order chi connectivity index (χ1) is 7.46. The Bertz CT molecular complexity index is 271. The fraction of sp³-hybridized carbons (Fsp3) is 0.917. The molecule has 3 saturated heterocycles. The summed E-state index contributed by atoms with van der Waals surface area (Å²) in [5, 5.41) is 0. The lowest BCUT2D eigenvalue weighted by molar-refractivity contribution is 0.00831. The summed E-state index contributed by atoms with van der Waals surface area (Å²) in [4.78, 5) is 14.0. The Hall–Kier alpha value is -0.380. The zero-order chi connectivity index (χ0) is 11.8. The minimum atomic E-state index is -0.379. The zero-order valence-electron chi connectivity index (χ0n) is 10.4. The van der Waals surface area contributed by atoms with Gasteiger partial charge in [-0.2, -0.15) is 11.8 Å².